The number of thioether (sulfide) groups is 1. The molecule has 7 heteroatoms. The van der Waals surface area contributed by atoms with Crippen molar-refractivity contribution in [3.63, 3.8) is 0 Å². The maximum absolute atomic E-state index is 13.5. The van der Waals surface area contributed by atoms with Gasteiger partial charge in [0.1, 0.15) is 11.9 Å². The molecule has 172 valence electrons. The summed E-state index contributed by atoms with van der Waals surface area (Å²) >= 11 is 7.76. The maximum Gasteiger partial charge on any atom is 0.257 e. The van der Waals surface area contributed by atoms with Crippen molar-refractivity contribution in [2.45, 2.75) is 22.8 Å². The van der Waals surface area contributed by atoms with Crippen LogP contribution in [0.2, 0.25) is 5.02 Å². The largest absolute Gasteiger partial charge is 0.497 e. The van der Waals surface area contributed by atoms with Gasteiger partial charge in [0, 0.05) is 29.6 Å². The molecule has 2 atom stereocenters. The number of amides is 1. The summed E-state index contributed by atoms with van der Waals surface area (Å²) in [5.41, 5.74) is 2.85. The number of rotatable bonds is 7. The zero-order valence-corrected chi connectivity index (χ0v) is 20.2. The summed E-state index contributed by atoms with van der Waals surface area (Å²) in [7, 11) is 3.64. The first-order valence-electron chi connectivity index (χ1n) is 10.8. The molecule has 0 unspecified atom stereocenters. The molecule has 0 saturated heterocycles. The third-order valence-corrected chi connectivity index (χ3v) is 7.32. The minimum atomic E-state index is -1.19. The quantitative estimate of drug-likeness (QED) is 0.512. The van der Waals surface area contributed by atoms with Crippen LogP contribution in [-0.2, 0) is 11.3 Å². The molecule has 0 bridgehead atoms. The van der Waals surface area contributed by atoms with E-state index >= 15 is 0 Å². The average molecular weight is 483 g/mol. The fourth-order valence-corrected chi connectivity index (χ4v) is 5.48. The number of aliphatic hydroxyl groups is 1. The van der Waals surface area contributed by atoms with Crippen LogP contribution in [0.25, 0.3) is 0 Å². The first-order chi connectivity index (χ1) is 16.0. The summed E-state index contributed by atoms with van der Waals surface area (Å²) in [6.07, 6.45) is -1.19. The molecule has 1 aliphatic heterocycles. The molecule has 1 amide bonds. The van der Waals surface area contributed by atoms with Gasteiger partial charge in [-0.1, -0.05) is 54.1 Å². The zero-order chi connectivity index (χ0) is 23.4. The van der Waals surface area contributed by atoms with Crippen LogP contribution in [0.15, 0.2) is 77.7 Å². The average Bonchev–Trinajstić information content (AvgIpc) is 2.93. The molecule has 1 N–H and O–H groups in total. The van der Waals surface area contributed by atoms with Crippen molar-refractivity contribution in [2.75, 3.05) is 32.1 Å². The topological polar surface area (TPSA) is 53.0 Å². The number of ether oxygens (including phenoxy) is 1. The normalized spacial score (nSPS) is 18.2. The Morgan fingerprint density at radius 1 is 1.09 bits per heavy atom. The molecule has 1 aliphatic rings. The number of hydrogen-bond donors (Lipinski definition) is 1. The monoisotopic (exact) mass is 482 g/mol. The van der Waals surface area contributed by atoms with Gasteiger partial charge in [-0.3, -0.25) is 4.79 Å². The van der Waals surface area contributed by atoms with Crippen molar-refractivity contribution in [3.05, 3.63) is 88.9 Å². The second-order valence-corrected chi connectivity index (χ2v) is 9.70. The summed E-state index contributed by atoms with van der Waals surface area (Å²) < 4.78 is 5.25. The third kappa shape index (κ3) is 5.53. The Bertz CT molecular complexity index is 1090. The Hall–Kier alpha value is -2.51. The van der Waals surface area contributed by atoms with Crippen molar-refractivity contribution >= 4 is 35.0 Å². The highest BCUT2D eigenvalue weighted by Gasteiger charge is 2.37. The Labute approximate surface area is 203 Å². The first kappa shape index (κ1) is 23.6. The Morgan fingerprint density at radius 3 is 2.52 bits per heavy atom. The zero-order valence-electron chi connectivity index (χ0n) is 18.6. The molecule has 3 aromatic carbocycles. The van der Waals surface area contributed by atoms with E-state index in [0.717, 1.165) is 28.4 Å². The van der Waals surface area contributed by atoms with E-state index in [9.17, 15) is 9.90 Å². The van der Waals surface area contributed by atoms with Gasteiger partial charge in [-0.05, 0) is 48.5 Å². The minimum Gasteiger partial charge on any atom is -0.497 e. The number of aliphatic hydroxyl groups excluding tert-OH is 1. The highest BCUT2D eigenvalue weighted by atomic mass is 35.5. The minimum absolute atomic E-state index is 0.308. The SMILES string of the molecule is COc1ccc([C@@H]2Sc3cc(Cl)ccc3N(CCN(C)Cc3ccccc3)C(=O)[C@@H]2O)cc1. The van der Waals surface area contributed by atoms with Gasteiger partial charge >= 0.3 is 0 Å². The van der Waals surface area contributed by atoms with Gasteiger partial charge in [0.15, 0.2) is 0 Å². The lowest BCUT2D eigenvalue weighted by Gasteiger charge is -2.27. The molecule has 0 aliphatic carbocycles. The van der Waals surface area contributed by atoms with Gasteiger partial charge in [-0.2, -0.15) is 0 Å². The number of benzene rings is 3. The van der Waals surface area contributed by atoms with Crippen LogP contribution in [0.3, 0.4) is 0 Å². The first-order valence-corrected chi connectivity index (χ1v) is 12.0. The van der Waals surface area contributed by atoms with E-state index in [1.54, 1.807) is 18.1 Å². The molecule has 5 nitrogen and oxygen atoms in total. The highest BCUT2D eigenvalue weighted by Crippen LogP contribution is 2.46. The van der Waals surface area contributed by atoms with Gasteiger partial charge in [0.2, 0.25) is 0 Å². The lowest BCUT2D eigenvalue weighted by Crippen LogP contribution is -2.43. The second kappa shape index (κ2) is 10.6. The fourth-order valence-electron chi connectivity index (χ4n) is 3.93. The van der Waals surface area contributed by atoms with Crippen LogP contribution in [0, 0.1) is 0 Å². The lowest BCUT2D eigenvalue weighted by molar-refractivity contribution is -0.126. The van der Waals surface area contributed by atoms with Crippen molar-refractivity contribution in [1.29, 1.82) is 0 Å². The number of hydrogen-bond acceptors (Lipinski definition) is 5. The van der Waals surface area contributed by atoms with E-state index in [-0.39, 0.29) is 5.91 Å². The van der Waals surface area contributed by atoms with Gasteiger partial charge in [-0.25, -0.2) is 0 Å². The fraction of sp³-hybridized carbons (Fsp3) is 0.269. The number of likely N-dealkylation sites (N-methyl/N-ethyl adjacent to an activating group) is 1. The smallest absolute Gasteiger partial charge is 0.257 e. The predicted molar refractivity (Wildman–Crippen MR) is 134 cm³/mol. The molecule has 3 aromatic rings. The number of methoxy groups -OCH3 is 1. The number of fused-ring (bicyclic) bond motifs is 1. The van der Waals surface area contributed by atoms with Crippen LogP contribution in [-0.4, -0.2) is 49.3 Å². The van der Waals surface area contributed by atoms with Crippen molar-refractivity contribution in [3.8, 4) is 5.75 Å². The molecule has 0 saturated carbocycles. The van der Waals surface area contributed by atoms with Crippen LogP contribution in [0.4, 0.5) is 5.69 Å². The van der Waals surface area contributed by atoms with Crippen molar-refractivity contribution < 1.29 is 14.6 Å². The van der Waals surface area contributed by atoms with E-state index in [1.165, 1.54) is 17.3 Å². The number of nitrogens with zero attached hydrogens (tertiary/aromatic N) is 2. The molecule has 0 spiro atoms. The van der Waals surface area contributed by atoms with Crippen molar-refractivity contribution in [2.24, 2.45) is 0 Å². The summed E-state index contributed by atoms with van der Waals surface area (Å²) in [6, 6.07) is 23.2. The van der Waals surface area contributed by atoms with Crippen LogP contribution in [0.1, 0.15) is 16.4 Å². The lowest BCUT2D eigenvalue weighted by atomic mass is 10.1. The summed E-state index contributed by atoms with van der Waals surface area (Å²) in [5.74, 6) is 0.419. The van der Waals surface area contributed by atoms with Gasteiger partial charge in [0.25, 0.3) is 5.91 Å². The maximum atomic E-state index is 13.5. The summed E-state index contributed by atoms with van der Waals surface area (Å²) in [5, 5.41) is 11.3. The third-order valence-electron chi connectivity index (χ3n) is 5.72. The highest BCUT2D eigenvalue weighted by molar-refractivity contribution is 7.99. The number of carbonyl (C=O) groups is 1. The Balaban J connectivity index is 1.58. The summed E-state index contributed by atoms with van der Waals surface area (Å²) in [6.45, 7) is 1.90. The number of anilines is 1. The summed E-state index contributed by atoms with van der Waals surface area (Å²) in [4.78, 5) is 18.2. The van der Waals surface area contributed by atoms with E-state index in [0.29, 0.717) is 18.1 Å². The Morgan fingerprint density at radius 2 is 1.82 bits per heavy atom. The molecular formula is C26H27ClN2O3S. The number of halogens is 1. The predicted octanol–water partition coefficient (Wildman–Crippen LogP) is 5.02. The molecule has 0 radical (unpaired) electrons. The van der Waals surface area contributed by atoms with Gasteiger partial charge in [0.05, 0.1) is 18.0 Å². The van der Waals surface area contributed by atoms with Gasteiger partial charge < -0.3 is 19.6 Å². The van der Waals surface area contributed by atoms with Gasteiger partial charge in [-0.15, -0.1) is 11.8 Å². The van der Waals surface area contributed by atoms with Crippen LogP contribution < -0.4 is 9.64 Å². The van der Waals surface area contributed by atoms with E-state index < -0.39 is 11.4 Å². The Kier molecular flexibility index (Phi) is 7.60. The van der Waals surface area contributed by atoms with Crippen LogP contribution in [0.5, 0.6) is 5.75 Å². The molecule has 1 heterocycles. The van der Waals surface area contributed by atoms with Crippen molar-refractivity contribution in [1.82, 2.24) is 4.90 Å². The molecule has 4 rings (SSSR count). The molecular weight excluding hydrogens is 456 g/mol. The second-order valence-electron chi connectivity index (χ2n) is 8.08. The van der Waals surface area contributed by atoms with E-state index in [2.05, 4.69) is 17.0 Å². The van der Waals surface area contributed by atoms with E-state index in [4.69, 9.17) is 16.3 Å². The molecule has 33 heavy (non-hydrogen) atoms. The van der Waals surface area contributed by atoms with Crippen LogP contribution >= 0.6 is 23.4 Å². The molecule has 0 aromatic heterocycles. The van der Waals surface area contributed by atoms with E-state index in [1.807, 2.05) is 61.6 Å². The molecule has 0 fully saturated rings. The standard InChI is InChI=1S/C26H27ClN2O3S/c1-28(17-18-6-4-3-5-7-18)14-15-29-22-13-10-20(27)16-23(22)33-25(24(30)26(29)31)19-8-11-21(32-2)12-9-19/h3-13,16,24-25,30H,14-15,17H2,1-2H3/t24-,25+/m1/s1. The number of carbonyl (C=O) groups excluding carboxylic acids is 1.